The molecule has 2 heterocycles. The van der Waals surface area contributed by atoms with E-state index in [1.807, 2.05) is 24.3 Å². The molecule has 0 saturated carbocycles. The van der Waals surface area contributed by atoms with Crippen LogP contribution in [0.3, 0.4) is 0 Å². The molecule has 0 radical (unpaired) electrons. The molecule has 0 fully saturated rings. The summed E-state index contributed by atoms with van der Waals surface area (Å²) in [6, 6.07) is 10.2. The number of rotatable bonds is 1. The topological polar surface area (TPSA) is 55.8 Å². The monoisotopic (exact) mass is 199 g/mol. The molecule has 0 spiro atoms. The fourth-order valence-electron chi connectivity index (χ4n) is 1.56. The molecule has 5 nitrogen and oxygen atoms in total. The van der Waals surface area contributed by atoms with Gasteiger partial charge in [-0.15, -0.1) is 5.11 Å². The van der Waals surface area contributed by atoms with E-state index in [1.54, 1.807) is 17.4 Å². The lowest BCUT2D eigenvalue weighted by molar-refractivity contribution is 0.677. The van der Waals surface area contributed by atoms with Crippen LogP contribution in [0.4, 0.5) is 5.82 Å². The number of fused-ring (bicyclic) bond motifs is 1. The van der Waals surface area contributed by atoms with Crippen LogP contribution in [0.2, 0.25) is 0 Å². The fraction of sp³-hybridized carbons (Fsp3) is 0. The summed E-state index contributed by atoms with van der Waals surface area (Å²) < 4.78 is 0. The molecule has 1 aliphatic rings. The van der Waals surface area contributed by atoms with E-state index in [4.69, 9.17) is 0 Å². The summed E-state index contributed by atoms with van der Waals surface area (Å²) in [5, 5.41) is 10.3. The highest BCUT2D eigenvalue weighted by Crippen LogP contribution is 2.21. The van der Waals surface area contributed by atoms with Crippen molar-refractivity contribution in [1.82, 2.24) is 10.5 Å². The minimum absolute atomic E-state index is 0.936. The molecule has 3 rings (SSSR count). The van der Waals surface area contributed by atoms with E-state index in [0.717, 1.165) is 11.3 Å². The van der Waals surface area contributed by atoms with Crippen molar-refractivity contribution in [2.75, 3.05) is 5.01 Å². The van der Waals surface area contributed by atoms with Gasteiger partial charge >= 0.3 is 0 Å². The number of hydrogen-bond donors (Lipinski definition) is 2. The normalized spacial score (nSPS) is 14.5. The highest BCUT2D eigenvalue weighted by molar-refractivity contribution is 5.84. The van der Waals surface area contributed by atoms with Gasteiger partial charge in [-0.1, -0.05) is 23.4 Å². The molecule has 2 aromatic rings. The highest BCUT2D eigenvalue weighted by atomic mass is 15.7. The molecule has 1 aliphatic heterocycles. The van der Waals surface area contributed by atoms with Crippen LogP contribution in [0.5, 0.6) is 0 Å². The van der Waals surface area contributed by atoms with Crippen molar-refractivity contribution in [1.29, 1.82) is 0 Å². The first-order chi connectivity index (χ1) is 7.43. The lowest BCUT2D eigenvalue weighted by atomic mass is 10.2. The van der Waals surface area contributed by atoms with E-state index in [1.165, 1.54) is 5.39 Å². The summed E-state index contributed by atoms with van der Waals surface area (Å²) in [5.74, 6) is 0.936. The molecule has 0 saturated heterocycles. The molecule has 1 aromatic carbocycles. The number of benzene rings is 1. The summed E-state index contributed by atoms with van der Waals surface area (Å²) in [6.07, 6.45) is 3.43. The predicted octanol–water partition coefficient (Wildman–Crippen LogP) is 2.33. The minimum Gasteiger partial charge on any atom is -0.340 e. The van der Waals surface area contributed by atoms with Crippen molar-refractivity contribution < 1.29 is 0 Å². The Bertz CT molecular complexity index is 506. The molecular formula is C10H9N5. The van der Waals surface area contributed by atoms with Crippen LogP contribution in [0, 0.1) is 0 Å². The molecule has 2 N–H and O–H groups in total. The van der Waals surface area contributed by atoms with Crippen LogP contribution in [0.25, 0.3) is 10.9 Å². The van der Waals surface area contributed by atoms with Crippen molar-refractivity contribution in [3.63, 3.8) is 0 Å². The molecule has 0 amide bonds. The third kappa shape index (κ3) is 1.34. The van der Waals surface area contributed by atoms with Crippen molar-refractivity contribution >= 4 is 16.7 Å². The van der Waals surface area contributed by atoms with Gasteiger partial charge in [0.2, 0.25) is 0 Å². The molecular weight excluding hydrogens is 190 g/mol. The lowest BCUT2D eigenvalue weighted by Gasteiger charge is -2.17. The first-order valence-electron chi connectivity index (χ1n) is 4.63. The maximum Gasteiger partial charge on any atom is 0.131 e. The van der Waals surface area contributed by atoms with Gasteiger partial charge in [0, 0.05) is 10.9 Å². The summed E-state index contributed by atoms with van der Waals surface area (Å²) >= 11 is 0. The van der Waals surface area contributed by atoms with Crippen molar-refractivity contribution in [2.24, 2.45) is 10.3 Å². The molecule has 74 valence electrons. The van der Waals surface area contributed by atoms with E-state index in [0.29, 0.717) is 0 Å². The number of anilines is 1. The average Bonchev–Trinajstić information content (AvgIpc) is 2.74. The Hall–Kier alpha value is -2.30. The summed E-state index contributed by atoms with van der Waals surface area (Å²) in [5.41, 5.74) is 3.87. The molecule has 15 heavy (non-hydrogen) atoms. The first kappa shape index (κ1) is 8.05. The zero-order valence-corrected chi connectivity index (χ0v) is 7.88. The Balaban J connectivity index is 2.04. The third-order valence-electron chi connectivity index (χ3n) is 2.27. The van der Waals surface area contributed by atoms with Crippen LogP contribution in [0.1, 0.15) is 0 Å². The van der Waals surface area contributed by atoms with Gasteiger partial charge in [0.25, 0.3) is 0 Å². The first-order valence-corrected chi connectivity index (χ1v) is 4.63. The molecule has 1 aromatic heterocycles. The number of aromatic amines is 1. The van der Waals surface area contributed by atoms with Gasteiger partial charge in [-0.2, -0.15) is 5.53 Å². The van der Waals surface area contributed by atoms with E-state index in [9.17, 15) is 0 Å². The average molecular weight is 199 g/mol. The van der Waals surface area contributed by atoms with Gasteiger partial charge in [0.1, 0.15) is 5.82 Å². The Morgan fingerprint density at radius 2 is 2.13 bits per heavy atom. The maximum atomic E-state index is 3.70. The van der Waals surface area contributed by atoms with E-state index in [-0.39, 0.29) is 0 Å². The summed E-state index contributed by atoms with van der Waals surface area (Å²) in [7, 11) is 0. The Labute approximate surface area is 86.1 Å². The number of H-pyrrole nitrogens is 1. The van der Waals surface area contributed by atoms with E-state index < -0.39 is 0 Å². The van der Waals surface area contributed by atoms with Gasteiger partial charge in [0.05, 0.1) is 12.4 Å². The van der Waals surface area contributed by atoms with Gasteiger partial charge in [-0.3, -0.25) is 0 Å². The van der Waals surface area contributed by atoms with Crippen LogP contribution >= 0.6 is 0 Å². The van der Waals surface area contributed by atoms with Gasteiger partial charge in [-0.05, 0) is 12.1 Å². The zero-order valence-electron chi connectivity index (χ0n) is 7.88. The van der Waals surface area contributed by atoms with Crippen molar-refractivity contribution in [2.45, 2.75) is 0 Å². The van der Waals surface area contributed by atoms with Crippen LogP contribution in [-0.2, 0) is 0 Å². The van der Waals surface area contributed by atoms with Crippen molar-refractivity contribution in [3.8, 4) is 0 Å². The Kier molecular flexibility index (Phi) is 1.68. The number of hydrogen-bond acceptors (Lipinski definition) is 4. The van der Waals surface area contributed by atoms with Gasteiger partial charge in [-0.25, -0.2) is 5.01 Å². The number of para-hydroxylation sites is 1. The number of aromatic nitrogens is 1. The Morgan fingerprint density at radius 3 is 2.93 bits per heavy atom. The highest BCUT2D eigenvalue weighted by Gasteiger charge is 2.07. The second-order valence-electron chi connectivity index (χ2n) is 3.23. The molecule has 0 aliphatic carbocycles. The van der Waals surface area contributed by atoms with E-state index >= 15 is 0 Å². The third-order valence-corrected chi connectivity index (χ3v) is 2.27. The van der Waals surface area contributed by atoms with Crippen LogP contribution in [0.15, 0.2) is 53.1 Å². The number of hydrazine groups is 1. The van der Waals surface area contributed by atoms with Crippen molar-refractivity contribution in [3.05, 3.63) is 42.7 Å². The smallest absolute Gasteiger partial charge is 0.131 e. The summed E-state index contributed by atoms with van der Waals surface area (Å²) in [6.45, 7) is 0. The second-order valence-corrected chi connectivity index (χ2v) is 3.23. The predicted molar refractivity (Wildman–Crippen MR) is 57.9 cm³/mol. The van der Waals surface area contributed by atoms with Gasteiger partial charge in [0.15, 0.2) is 0 Å². The lowest BCUT2D eigenvalue weighted by Crippen LogP contribution is -2.29. The standard InChI is InChI=1S/C10H9N5/c1-2-4-9-8(3-1)7-10(12-9)15-6-5-11-13-14-15/h1-7,12H,(H,11,14). The van der Waals surface area contributed by atoms with Crippen LogP contribution < -0.4 is 10.5 Å². The van der Waals surface area contributed by atoms with Crippen LogP contribution in [-0.4, -0.2) is 4.98 Å². The molecule has 0 atom stereocenters. The number of nitrogens with zero attached hydrogens (tertiary/aromatic N) is 3. The molecule has 5 heteroatoms. The SMILES string of the molecule is C1=CN(c2cc3ccccc3[nH]2)NN=N1. The second kappa shape index (κ2) is 3.13. The fourth-order valence-corrected chi connectivity index (χ4v) is 1.56. The molecule has 0 unspecified atom stereocenters. The molecule has 0 bridgehead atoms. The summed E-state index contributed by atoms with van der Waals surface area (Å²) in [4.78, 5) is 3.28. The minimum atomic E-state index is 0.936. The largest absolute Gasteiger partial charge is 0.340 e. The zero-order chi connectivity index (χ0) is 10.1. The quantitative estimate of drug-likeness (QED) is 0.740. The Morgan fingerprint density at radius 1 is 1.20 bits per heavy atom. The maximum absolute atomic E-state index is 3.70. The van der Waals surface area contributed by atoms with E-state index in [2.05, 4.69) is 26.9 Å². The van der Waals surface area contributed by atoms with Gasteiger partial charge < -0.3 is 4.98 Å². The number of nitrogens with one attached hydrogen (secondary N) is 2.